The van der Waals surface area contributed by atoms with Gasteiger partial charge in [0.15, 0.2) is 11.7 Å². The van der Waals surface area contributed by atoms with Crippen molar-refractivity contribution in [2.45, 2.75) is 84.0 Å². The van der Waals surface area contributed by atoms with E-state index in [-0.39, 0.29) is 23.5 Å². The number of hydrogen-bond donors (Lipinski definition) is 3. The van der Waals surface area contributed by atoms with Crippen molar-refractivity contribution in [1.29, 1.82) is 0 Å². The molecule has 0 aliphatic carbocycles. The van der Waals surface area contributed by atoms with Gasteiger partial charge in [-0.1, -0.05) is 95.4 Å². The minimum absolute atomic E-state index is 0.0778. The van der Waals surface area contributed by atoms with Gasteiger partial charge in [-0.15, -0.1) is 0 Å². The number of anilines is 2. The average Bonchev–Trinajstić information content (AvgIpc) is 2.87. The van der Waals surface area contributed by atoms with E-state index < -0.39 is 0 Å². The van der Waals surface area contributed by atoms with Crippen LogP contribution in [0.15, 0.2) is 54.6 Å². The number of carbonyl (C=O) groups is 2. The van der Waals surface area contributed by atoms with E-state index in [9.17, 15) is 9.59 Å². The van der Waals surface area contributed by atoms with Gasteiger partial charge in [-0.25, -0.2) is 0 Å². The minimum Gasteiger partial charge on any atom is -0.484 e. The van der Waals surface area contributed by atoms with Crippen LogP contribution in [0.3, 0.4) is 0 Å². The van der Waals surface area contributed by atoms with Gasteiger partial charge in [0, 0.05) is 17.8 Å². The summed E-state index contributed by atoms with van der Waals surface area (Å²) in [6.07, 6.45) is 14.2. The number of carbonyl (C=O) groups excluding carboxylic acids is 2. The van der Waals surface area contributed by atoms with Crippen LogP contribution in [0.25, 0.3) is 0 Å². The zero-order valence-corrected chi connectivity index (χ0v) is 22.3. The van der Waals surface area contributed by atoms with Crippen LogP contribution >= 0.6 is 12.2 Å². The number of rotatable bonds is 17. The van der Waals surface area contributed by atoms with Crippen LogP contribution < -0.4 is 20.7 Å². The summed E-state index contributed by atoms with van der Waals surface area (Å²) in [6, 6.07) is 16.3. The summed E-state index contributed by atoms with van der Waals surface area (Å²) in [6.45, 7) is 2.16. The van der Waals surface area contributed by atoms with Crippen molar-refractivity contribution in [2.75, 3.05) is 17.2 Å². The van der Waals surface area contributed by atoms with Gasteiger partial charge in [-0.2, -0.15) is 0 Å². The van der Waals surface area contributed by atoms with Gasteiger partial charge in [0.2, 0.25) is 5.91 Å². The largest absolute Gasteiger partial charge is 0.484 e. The molecule has 0 saturated heterocycles. The monoisotopic (exact) mass is 511 g/mol. The van der Waals surface area contributed by atoms with Gasteiger partial charge >= 0.3 is 0 Å². The lowest BCUT2D eigenvalue weighted by molar-refractivity contribution is -0.120. The molecule has 0 fully saturated rings. The van der Waals surface area contributed by atoms with Crippen LogP contribution in [0.4, 0.5) is 11.4 Å². The Bertz CT molecular complexity index is 921. The van der Waals surface area contributed by atoms with Gasteiger partial charge in [-0.05, 0) is 49.0 Å². The van der Waals surface area contributed by atoms with Gasteiger partial charge < -0.3 is 20.7 Å². The zero-order chi connectivity index (χ0) is 25.8. The summed E-state index contributed by atoms with van der Waals surface area (Å²) in [4.78, 5) is 24.4. The quantitative estimate of drug-likeness (QED) is 0.154. The van der Waals surface area contributed by atoms with E-state index in [0.29, 0.717) is 23.5 Å². The highest BCUT2D eigenvalue weighted by Crippen LogP contribution is 2.16. The highest BCUT2D eigenvalue weighted by atomic mass is 32.1. The Labute approximate surface area is 221 Å². The molecule has 0 atom stereocenters. The van der Waals surface area contributed by atoms with Crippen molar-refractivity contribution in [1.82, 2.24) is 5.32 Å². The molecule has 6 nitrogen and oxygen atoms in total. The summed E-state index contributed by atoms with van der Waals surface area (Å²) in [5.41, 5.74) is 1.29. The Balaban J connectivity index is 1.57. The third-order valence-electron chi connectivity index (χ3n) is 5.78. The SMILES string of the molecule is CCCCCCCCCCCCCC(=O)NC(=S)Nc1cccc(NC(=O)COc2ccccc2)c1. The Morgan fingerprint density at radius 1 is 0.722 bits per heavy atom. The molecule has 0 heterocycles. The third kappa shape index (κ3) is 13.8. The first kappa shape index (κ1) is 29.3. The number of benzene rings is 2. The predicted molar refractivity (Wildman–Crippen MR) is 152 cm³/mol. The molecule has 0 spiro atoms. The molecule has 0 aliphatic rings. The molecule has 7 heteroatoms. The number of thiocarbonyl (C=S) groups is 1. The maximum atomic E-state index is 12.2. The number of hydrogen-bond acceptors (Lipinski definition) is 4. The molecule has 36 heavy (non-hydrogen) atoms. The van der Waals surface area contributed by atoms with E-state index in [0.717, 1.165) is 12.8 Å². The van der Waals surface area contributed by atoms with Crippen LogP contribution in [-0.2, 0) is 9.59 Å². The van der Waals surface area contributed by atoms with Gasteiger partial charge in [-0.3, -0.25) is 9.59 Å². The summed E-state index contributed by atoms with van der Waals surface area (Å²) in [5.74, 6) is 0.294. The fraction of sp³-hybridized carbons (Fsp3) is 0.483. The maximum absolute atomic E-state index is 12.2. The molecule has 2 aromatic carbocycles. The second-order valence-electron chi connectivity index (χ2n) is 9.02. The van der Waals surface area contributed by atoms with Gasteiger partial charge in [0.1, 0.15) is 5.75 Å². The van der Waals surface area contributed by atoms with Gasteiger partial charge in [0.05, 0.1) is 0 Å². The van der Waals surface area contributed by atoms with Crippen molar-refractivity contribution >= 4 is 40.5 Å². The van der Waals surface area contributed by atoms with E-state index in [4.69, 9.17) is 17.0 Å². The summed E-state index contributed by atoms with van der Waals surface area (Å²) < 4.78 is 5.46. The Hall–Kier alpha value is -2.93. The lowest BCUT2D eigenvalue weighted by Gasteiger charge is -2.12. The molecule has 196 valence electrons. The number of amides is 2. The van der Waals surface area contributed by atoms with E-state index >= 15 is 0 Å². The molecular weight excluding hydrogens is 470 g/mol. The van der Waals surface area contributed by atoms with Gasteiger partial charge in [0.25, 0.3) is 5.91 Å². The molecule has 2 amide bonds. The predicted octanol–water partition coefficient (Wildman–Crippen LogP) is 7.22. The summed E-state index contributed by atoms with van der Waals surface area (Å²) in [5, 5.41) is 8.79. The third-order valence-corrected chi connectivity index (χ3v) is 5.98. The maximum Gasteiger partial charge on any atom is 0.262 e. The highest BCUT2D eigenvalue weighted by Gasteiger charge is 2.07. The molecule has 0 saturated carbocycles. The van der Waals surface area contributed by atoms with Crippen LogP contribution in [0.1, 0.15) is 84.0 Å². The molecule has 2 rings (SSSR count). The van der Waals surface area contributed by atoms with E-state index in [1.165, 1.54) is 57.8 Å². The number of unbranched alkanes of at least 4 members (excludes halogenated alkanes) is 10. The van der Waals surface area contributed by atoms with Crippen molar-refractivity contribution in [2.24, 2.45) is 0 Å². The second kappa shape index (κ2) is 18.4. The number of para-hydroxylation sites is 1. The first-order valence-electron chi connectivity index (χ1n) is 13.3. The zero-order valence-electron chi connectivity index (χ0n) is 21.5. The molecule has 0 unspecified atom stereocenters. The smallest absolute Gasteiger partial charge is 0.262 e. The molecular formula is C29H41N3O3S. The molecule has 0 aromatic heterocycles. The fourth-order valence-electron chi connectivity index (χ4n) is 3.84. The van der Waals surface area contributed by atoms with Crippen LogP contribution in [-0.4, -0.2) is 23.5 Å². The molecule has 2 aromatic rings. The van der Waals surface area contributed by atoms with E-state index in [2.05, 4.69) is 22.9 Å². The fourth-order valence-corrected chi connectivity index (χ4v) is 4.07. The van der Waals surface area contributed by atoms with Crippen LogP contribution in [0.5, 0.6) is 5.75 Å². The first-order valence-corrected chi connectivity index (χ1v) is 13.7. The standard InChI is InChI=1S/C29H41N3O3S/c1-2-3-4-5-6-7-8-9-10-11-15-21-27(33)32-29(36)31-25-18-16-17-24(22-25)30-28(34)23-35-26-19-13-12-14-20-26/h12-14,16-20,22H,2-11,15,21,23H2,1H3,(H,30,34)(H2,31,32,33,36). The average molecular weight is 512 g/mol. The number of nitrogens with one attached hydrogen (secondary N) is 3. The second-order valence-corrected chi connectivity index (χ2v) is 9.43. The molecule has 0 aliphatic heterocycles. The Kier molecular flexibility index (Phi) is 14.9. The van der Waals surface area contributed by atoms with Crippen molar-refractivity contribution in [3.05, 3.63) is 54.6 Å². The lowest BCUT2D eigenvalue weighted by Crippen LogP contribution is -2.33. The minimum atomic E-state index is -0.265. The van der Waals surface area contributed by atoms with Crippen LogP contribution in [0, 0.1) is 0 Å². The topological polar surface area (TPSA) is 79.5 Å². The molecule has 0 radical (unpaired) electrons. The normalized spacial score (nSPS) is 10.5. The lowest BCUT2D eigenvalue weighted by atomic mass is 10.1. The van der Waals surface area contributed by atoms with Crippen LogP contribution in [0.2, 0.25) is 0 Å². The molecule has 0 bridgehead atoms. The van der Waals surface area contributed by atoms with Crippen molar-refractivity contribution in [3.8, 4) is 5.75 Å². The Morgan fingerprint density at radius 2 is 1.31 bits per heavy atom. The first-order chi connectivity index (χ1) is 17.6. The summed E-state index contributed by atoms with van der Waals surface area (Å²) in [7, 11) is 0. The Morgan fingerprint density at radius 3 is 1.94 bits per heavy atom. The number of ether oxygens (including phenoxy) is 1. The van der Waals surface area contributed by atoms with Crippen molar-refractivity contribution < 1.29 is 14.3 Å². The highest BCUT2D eigenvalue weighted by molar-refractivity contribution is 7.80. The molecule has 3 N–H and O–H groups in total. The van der Waals surface area contributed by atoms with E-state index in [1.54, 1.807) is 30.3 Å². The van der Waals surface area contributed by atoms with Crippen molar-refractivity contribution in [3.63, 3.8) is 0 Å². The summed E-state index contributed by atoms with van der Waals surface area (Å²) >= 11 is 5.28. The van der Waals surface area contributed by atoms with E-state index in [1.807, 2.05) is 24.3 Å².